The highest BCUT2D eigenvalue weighted by Gasteiger charge is 2.23. The number of hydrogen-bond donors (Lipinski definition) is 1. The lowest BCUT2D eigenvalue weighted by Crippen LogP contribution is -2.25. The van der Waals surface area contributed by atoms with Gasteiger partial charge in [0.25, 0.3) is 0 Å². The smallest absolute Gasteiger partial charge is 0.132 e. The van der Waals surface area contributed by atoms with Crippen LogP contribution in [0.1, 0.15) is 25.8 Å². The van der Waals surface area contributed by atoms with E-state index in [-0.39, 0.29) is 0 Å². The standard InChI is InChI=1S/C14H18N4O/c1-10-7-11(4-6-19-10)18-9-16-8-13(18)12-3-2-5-17-14(12)15/h2-3,5,8-11H,4,6-7H2,1H3,(H2,15,17). The summed E-state index contributed by atoms with van der Waals surface area (Å²) in [4.78, 5) is 8.43. The summed E-state index contributed by atoms with van der Waals surface area (Å²) in [6, 6.07) is 4.30. The quantitative estimate of drug-likeness (QED) is 0.897. The number of imidazole rings is 1. The highest BCUT2D eigenvalue weighted by Crippen LogP contribution is 2.31. The Morgan fingerprint density at radius 3 is 3.16 bits per heavy atom. The van der Waals surface area contributed by atoms with Crippen molar-refractivity contribution in [1.29, 1.82) is 0 Å². The van der Waals surface area contributed by atoms with Gasteiger partial charge in [-0.2, -0.15) is 0 Å². The molecule has 2 aromatic rings. The lowest BCUT2D eigenvalue weighted by Gasteiger charge is -2.29. The van der Waals surface area contributed by atoms with Crippen LogP contribution in [0.5, 0.6) is 0 Å². The molecule has 1 fully saturated rings. The summed E-state index contributed by atoms with van der Waals surface area (Å²) in [5.41, 5.74) is 7.94. The summed E-state index contributed by atoms with van der Waals surface area (Å²) >= 11 is 0. The zero-order chi connectivity index (χ0) is 13.2. The van der Waals surface area contributed by atoms with Gasteiger partial charge in [-0.3, -0.25) is 0 Å². The zero-order valence-electron chi connectivity index (χ0n) is 11.0. The van der Waals surface area contributed by atoms with Gasteiger partial charge in [-0.1, -0.05) is 0 Å². The van der Waals surface area contributed by atoms with Gasteiger partial charge in [0, 0.05) is 24.4 Å². The molecule has 5 nitrogen and oxygen atoms in total. The number of nitrogens with zero attached hydrogens (tertiary/aromatic N) is 3. The summed E-state index contributed by atoms with van der Waals surface area (Å²) in [6.45, 7) is 2.91. The number of ether oxygens (including phenoxy) is 1. The minimum atomic E-state index is 0.292. The molecular weight excluding hydrogens is 240 g/mol. The Bertz CT molecular complexity index is 566. The first-order valence-corrected chi connectivity index (χ1v) is 6.60. The molecule has 2 unspecified atom stereocenters. The van der Waals surface area contributed by atoms with E-state index in [0.29, 0.717) is 18.0 Å². The van der Waals surface area contributed by atoms with Crippen molar-refractivity contribution in [3.05, 3.63) is 30.9 Å². The lowest BCUT2D eigenvalue weighted by atomic mass is 10.0. The molecular formula is C14H18N4O. The van der Waals surface area contributed by atoms with Crippen LogP contribution in [-0.4, -0.2) is 27.2 Å². The lowest BCUT2D eigenvalue weighted by molar-refractivity contribution is 0.00625. The van der Waals surface area contributed by atoms with Crippen LogP contribution in [0.15, 0.2) is 30.9 Å². The van der Waals surface area contributed by atoms with Gasteiger partial charge in [0.2, 0.25) is 0 Å². The van der Waals surface area contributed by atoms with Crippen LogP contribution in [0.4, 0.5) is 5.82 Å². The van der Waals surface area contributed by atoms with E-state index in [9.17, 15) is 0 Å². The zero-order valence-corrected chi connectivity index (χ0v) is 11.0. The molecule has 2 N–H and O–H groups in total. The molecule has 1 aliphatic heterocycles. The molecule has 100 valence electrons. The fourth-order valence-electron chi connectivity index (χ4n) is 2.67. The average molecular weight is 258 g/mol. The van der Waals surface area contributed by atoms with Gasteiger partial charge in [0.15, 0.2) is 0 Å². The summed E-state index contributed by atoms with van der Waals surface area (Å²) < 4.78 is 7.81. The van der Waals surface area contributed by atoms with Crippen LogP contribution in [0.3, 0.4) is 0 Å². The van der Waals surface area contributed by atoms with Gasteiger partial charge >= 0.3 is 0 Å². The van der Waals surface area contributed by atoms with Crippen molar-refractivity contribution in [2.75, 3.05) is 12.3 Å². The molecule has 2 aromatic heterocycles. The molecule has 0 bridgehead atoms. The first-order valence-electron chi connectivity index (χ1n) is 6.60. The normalized spacial score (nSPS) is 23.4. The van der Waals surface area contributed by atoms with Gasteiger partial charge in [-0.05, 0) is 31.9 Å². The molecule has 19 heavy (non-hydrogen) atoms. The largest absolute Gasteiger partial charge is 0.383 e. The minimum absolute atomic E-state index is 0.292. The number of nitrogen functional groups attached to an aromatic ring is 1. The second kappa shape index (κ2) is 5.01. The van der Waals surface area contributed by atoms with Crippen LogP contribution in [0, 0.1) is 0 Å². The van der Waals surface area contributed by atoms with E-state index >= 15 is 0 Å². The van der Waals surface area contributed by atoms with Gasteiger partial charge in [-0.25, -0.2) is 9.97 Å². The van der Waals surface area contributed by atoms with Crippen LogP contribution in [0.25, 0.3) is 11.3 Å². The van der Waals surface area contributed by atoms with Crippen molar-refractivity contribution in [3.8, 4) is 11.3 Å². The summed E-state index contributed by atoms with van der Waals surface area (Å²) in [7, 11) is 0. The molecule has 3 heterocycles. The molecule has 5 heteroatoms. The Labute approximate surface area is 112 Å². The Morgan fingerprint density at radius 1 is 1.47 bits per heavy atom. The van der Waals surface area contributed by atoms with Crippen LogP contribution < -0.4 is 5.73 Å². The third-order valence-electron chi connectivity index (χ3n) is 3.63. The Morgan fingerprint density at radius 2 is 2.37 bits per heavy atom. The number of pyridine rings is 1. The van der Waals surface area contributed by atoms with E-state index in [1.807, 2.05) is 24.7 Å². The van der Waals surface area contributed by atoms with E-state index in [2.05, 4.69) is 21.5 Å². The second-order valence-electron chi connectivity index (χ2n) is 4.98. The fourth-order valence-corrected chi connectivity index (χ4v) is 2.67. The van der Waals surface area contributed by atoms with Crippen molar-refractivity contribution < 1.29 is 4.74 Å². The highest BCUT2D eigenvalue weighted by molar-refractivity contribution is 5.70. The van der Waals surface area contributed by atoms with E-state index in [1.54, 1.807) is 6.20 Å². The first kappa shape index (κ1) is 12.2. The van der Waals surface area contributed by atoms with Crippen molar-refractivity contribution in [3.63, 3.8) is 0 Å². The van der Waals surface area contributed by atoms with E-state index in [0.717, 1.165) is 30.7 Å². The predicted molar refractivity (Wildman–Crippen MR) is 73.6 cm³/mol. The van der Waals surface area contributed by atoms with Gasteiger partial charge < -0.3 is 15.0 Å². The number of rotatable bonds is 2. The third-order valence-corrected chi connectivity index (χ3v) is 3.63. The molecule has 0 aromatic carbocycles. The molecule has 0 saturated carbocycles. The molecule has 2 atom stereocenters. The monoisotopic (exact) mass is 258 g/mol. The second-order valence-corrected chi connectivity index (χ2v) is 4.98. The number of anilines is 1. The molecule has 0 amide bonds. The summed E-state index contributed by atoms with van der Waals surface area (Å²) in [5, 5.41) is 0. The fraction of sp³-hybridized carbons (Fsp3) is 0.429. The average Bonchev–Trinajstić information content (AvgIpc) is 2.88. The molecule has 0 aliphatic carbocycles. The topological polar surface area (TPSA) is 66.0 Å². The maximum absolute atomic E-state index is 5.96. The van der Waals surface area contributed by atoms with E-state index < -0.39 is 0 Å². The Kier molecular flexibility index (Phi) is 3.21. The molecule has 0 radical (unpaired) electrons. The van der Waals surface area contributed by atoms with Crippen molar-refractivity contribution in [2.45, 2.75) is 31.9 Å². The predicted octanol–water partition coefficient (Wildman–Crippen LogP) is 2.27. The molecule has 3 rings (SSSR count). The third kappa shape index (κ3) is 2.33. The maximum atomic E-state index is 5.96. The van der Waals surface area contributed by atoms with Crippen LogP contribution in [0.2, 0.25) is 0 Å². The molecule has 1 aliphatic rings. The number of aromatic nitrogens is 3. The van der Waals surface area contributed by atoms with E-state index in [4.69, 9.17) is 10.5 Å². The summed E-state index contributed by atoms with van der Waals surface area (Å²) in [5.74, 6) is 0.546. The summed E-state index contributed by atoms with van der Waals surface area (Å²) in [6.07, 6.45) is 7.74. The van der Waals surface area contributed by atoms with Gasteiger partial charge in [0.1, 0.15) is 5.82 Å². The highest BCUT2D eigenvalue weighted by atomic mass is 16.5. The van der Waals surface area contributed by atoms with Gasteiger partial charge in [-0.15, -0.1) is 0 Å². The number of nitrogens with two attached hydrogens (primary N) is 1. The van der Waals surface area contributed by atoms with Crippen molar-refractivity contribution >= 4 is 5.82 Å². The maximum Gasteiger partial charge on any atom is 0.132 e. The van der Waals surface area contributed by atoms with Crippen molar-refractivity contribution in [1.82, 2.24) is 14.5 Å². The molecule has 0 spiro atoms. The SMILES string of the molecule is CC1CC(n2cncc2-c2cccnc2N)CCO1. The van der Waals surface area contributed by atoms with Crippen molar-refractivity contribution in [2.24, 2.45) is 0 Å². The number of hydrogen-bond acceptors (Lipinski definition) is 4. The molecule has 1 saturated heterocycles. The van der Waals surface area contributed by atoms with Crippen LogP contribution >= 0.6 is 0 Å². The van der Waals surface area contributed by atoms with Gasteiger partial charge in [0.05, 0.1) is 24.3 Å². The van der Waals surface area contributed by atoms with E-state index in [1.165, 1.54) is 0 Å². The first-order chi connectivity index (χ1) is 9.25. The Balaban J connectivity index is 1.96. The van der Waals surface area contributed by atoms with Crippen LogP contribution in [-0.2, 0) is 4.74 Å². The Hall–Kier alpha value is -1.88. The minimum Gasteiger partial charge on any atom is -0.383 e.